The first-order valence-electron chi connectivity index (χ1n) is 5.85. The zero-order valence-corrected chi connectivity index (χ0v) is 10.5. The summed E-state index contributed by atoms with van der Waals surface area (Å²) in [5.74, 6) is -1.79. The van der Waals surface area contributed by atoms with Crippen molar-refractivity contribution in [1.29, 1.82) is 5.26 Å². The average Bonchev–Trinajstić information content (AvgIpc) is 2.40. The molecule has 0 bridgehead atoms. The molecule has 0 aromatic heterocycles. The summed E-state index contributed by atoms with van der Waals surface area (Å²) in [6, 6.07) is 7.51. The molecule has 2 aromatic carbocycles. The molecule has 0 N–H and O–H groups in total. The number of rotatable bonds is 2. The molecule has 0 spiro atoms. The minimum atomic E-state index is -4.64. The molecular formula is C15H8F5N. The Labute approximate surface area is 117 Å². The van der Waals surface area contributed by atoms with E-state index in [1.807, 2.05) is 0 Å². The Balaban J connectivity index is 2.44. The third-order valence-corrected chi connectivity index (χ3v) is 2.93. The standard InChI is InChI=1S/C15H8F5N/c16-13-7-10(2-1-9(13)5-6-21)12-4-3-11(8-14(12)17)15(18,19)20/h1-4,7-8H,5H2. The van der Waals surface area contributed by atoms with Crippen molar-refractivity contribution in [3.05, 3.63) is 59.2 Å². The van der Waals surface area contributed by atoms with Gasteiger partial charge in [-0.1, -0.05) is 18.2 Å². The molecule has 2 aromatic rings. The Morgan fingerprint density at radius 2 is 1.67 bits per heavy atom. The summed E-state index contributed by atoms with van der Waals surface area (Å²) in [7, 11) is 0. The van der Waals surface area contributed by atoms with Crippen LogP contribution in [0.5, 0.6) is 0 Å². The van der Waals surface area contributed by atoms with Crippen LogP contribution in [0.3, 0.4) is 0 Å². The highest BCUT2D eigenvalue weighted by Gasteiger charge is 2.31. The number of nitriles is 1. The Hall–Kier alpha value is -2.42. The van der Waals surface area contributed by atoms with Crippen LogP contribution in [0, 0.1) is 23.0 Å². The van der Waals surface area contributed by atoms with Gasteiger partial charge in [0.05, 0.1) is 18.1 Å². The SMILES string of the molecule is N#CCc1ccc(-c2ccc(C(F)(F)F)cc2F)cc1F. The van der Waals surface area contributed by atoms with Crippen LogP contribution in [-0.4, -0.2) is 0 Å². The zero-order valence-electron chi connectivity index (χ0n) is 10.5. The van der Waals surface area contributed by atoms with Crippen molar-refractivity contribution in [2.24, 2.45) is 0 Å². The number of alkyl halides is 3. The molecule has 2 rings (SSSR count). The van der Waals surface area contributed by atoms with E-state index >= 15 is 0 Å². The van der Waals surface area contributed by atoms with Gasteiger partial charge in [-0.25, -0.2) is 8.78 Å². The van der Waals surface area contributed by atoms with E-state index < -0.39 is 23.4 Å². The summed E-state index contributed by atoms with van der Waals surface area (Å²) in [5, 5.41) is 8.50. The van der Waals surface area contributed by atoms with Crippen LogP contribution in [0.15, 0.2) is 36.4 Å². The molecule has 0 saturated carbocycles. The van der Waals surface area contributed by atoms with Crippen molar-refractivity contribution in [1.82, 2.24) is 0 Å². The fourth-order valence-corrected chi connectivity index (χ4v) is 1.87. The fraction of sp³-hybridized carbons (Fsp3) is 0.133. The number of nitrogens with zero attached hydrogens (tertiary/aromatic N) is 1. The topological polar surface area (TPSA) is 23.8 Å². The van der Waals surface area contributed by atoms with E-state index in [9.17, 15) is 22.0 Å². The monoisotopic (exact) mass is 297 g/mol. The summed E-state index contributed by atoms with van der Waals surface area (Å²) in [4.78, 5) is 0. The fourth-order valence-electron chi connectivity index (χ4n) is 1.87. The van der Waals surface area contributed by atoms with Gasteiger partial charge in [0.1, 0.15) is 11.6 Å². The van der Waals surface area contributed by atoms with Crippen molar-refractivity contribution in [2.45, 2.75) is 12.6 Å². The molecule has 0 aliphatic rings. The smallest absolute Gasteiger partial charge is 0.207 e. The highest BCUT2D eigenvalue weighted by atomic mass is 19.4. The molecule has 0 saturated heterocycles. The first-order chi connectivity index (χ1) is 9.82. The minimum Gasteiger partial charge on any atom is -0.207 e. The van der Waals surface area contributed by atoms with E-state index in [4.69, 9.17) is 5.26 Å². The van der Waals surface area contributed by atoms with Crippen molar-refractivity contribution in [2.75, 3.05) is 0 Å². The van der Waals surface area contributed by atoms with Crippen LogP contribution < -0.4 is 0 Å². The molecule has 0 amide bonds. The van der Waals surface area contributed by atoms with Crippen LogP contribution >= 0.6 is 0 Å². The molecule has 1 nitrogen and oxygen atoms in total. The van der Waals surface area contributed by atoms with Crippen molar-refractivity contribution in [3.63, 3.8) is 0 Å². The van der Waals surface area contributed by atoms with Crippen LogP contribution in [0.1, 0.15) is 11.1 Å². The quantitative estimate of drug-likeness (QED) is 0.736. The lowest BCUT2D eigenvalue weighted by Crippen LogP contribution is -2.05. The van der Waals surface area contributed by atoms with Gasteiger partial charge in [-0.15, -0.1) is 0 Å². The normalized spacial score (nSPS) is 11.2. The molecule has 108 valence electrons. The third-order valence-electron chi connectivity index (χ3n) is 2.93. The maximum Gasteiger partial charge on any atom is 0.416 e. The van der Waals surface area contributed by atoms with Gasteiger partial charge in [0.15, 0.2) is 0 Å². The maximum absolute atomic E-state index is 13.8. The summed E-state index contributed by atoms with van der Waals surface area (Å²) in [6.07, 6.45) is -4.77. The van der Waals surface area contributed by atoms with Crippen LogP contribution in [0.2, 0.25) is 0 Å². The Kier molecular flexibility index (Phi) is 3.94. The summed E-state index contributed by atoms with van der Waals surface area (Å²) in [5.41, 5.74) is -0.982. The van der Waals surface area contributed by atoms with Gasteiger partial charge < -0.3 is 0 Å². The summed E-state index contributed by atoms with van der Waals surface area (Å²) >= 11 is 0. The van der Waals surface area contributed by atoms with Gasteiger partial charge in [-0.2, -0.15) is 18.4 Å². The first kappa shape index (κ1) is 15.0. The van der Waals surface area contributed by atoms with E-state index in [2.05, 4.69) is 0 Å². The second kappa shape index (κ2) is 5.52. The highest BCUT2D eigenvalue weighted by Crippen LogP contribution is 2.33. The van der Waals surface area contributed by atoms with Gasteiger partial charge in [0.2, 0.25) is 0 Å². The van der Waals surface area contributed by atoms with E-state index in [1.54, 1.807) is 6.07 Å². The molecule has 0 unspecified atom stereocenters. The molecule has 21 heavy (non-hydrogen) atoms. The highest BCUT2D eigenvalue weighted by molar-refractivity contribution is 5.65. The van der Waals surface area contributed by atoms with E-state index in [-0.39, 0.29) is 23.1 Å². The average molecular weight is 297 g/mol. The second-order valence-electron chi connectivity index (χ2n) is 4.33. The second-order valence-corrected chi connectivity index (χ2v) is 4.33. The van der Waals surface area contributed by atoms with Crippen molar-refractivity contribution in [3.8, 4) is 17.2 Å². The van der Waals surface area contributed by atoms with Gasteiger partial charge in [-0.05, 0) is 23.8 Å². The third kappa shape index (κ3) is 3.19. The summed E-state index contributed by atoms with van der Waals surface area (Å²) in [6.45, 7) is 0. The Morgan fingerprint density at radius 1 is 0.952 bits per heavy atom. The Bertz CT molecular complexity index is 713. The van der Waals surface area contributed by atoms with Crippen LogP contribution in [-0.2, 0) is 12.6 Å². The number of hydrogen-bond acceptors (Lipinski definition) is 1. The predicted octanol–water partition coefficient (Wildman–Crippen LogP) is 4.72. The number of benzene rings is 2. The van der Waals surface area contributed by atoms with Gasteiger partial charge >= 0.3 is 6.18 Å². The summed E-state index contributed by atoms with van der Waals surface area (Å²) < 4.78 is 64.8. The number of hydrogen-bond donors (Lipinski definition) is 0. The van der Waals surface area contributed by atoms with Crippen LogP contribution in [0.4, 0.5) is 22.0 Å². The lowest BCUT2D eigenvalue weighted by atomic mass is 10.0. The molecule has 0 aliphatic heterocycles. The largest absolute Gasteiger partial charge is 0.416 e. The molecule has 0 atom stereocenters. The van der Waals surface area contributed by atoms with E-state index in [0.717, 1.165) is 18.2 Å². The van der Waals surface area contributed by atoms with Gasteiger partial charge in [0.25, 0.3) is 0 Å². The zero-order chi connectivity index (χ0) is 15.6. The molecule has 0 fully saturated rings. The molecule has 0 radical (unpaired) electrons. The molecular weight excluding hydrogens is 289 g/mol. The maximum atomic E-state index is 13.8. The molecule has 0 aliphatic carbocycles. The Morgan fingerprint density at radius 3 is 2.19 bits per heavy atom. The van der Waals surface area contributed by atoms with Crippen LogP contribution in [0.25, 0.3) is 11.1 Å². The predicted molar refractivity (Wildman–Crippen MR) is 66.1 cm³/mol. The number of halogens is 5. The first-order valence-corrected chi connectivity index (χ1v) is 5.85. The van der Waals surface area contributed by atoms with E-state index in [0.29, 0.717) is 6.07 Å². The van der Waals surface area contributed by atoms with Crippen molar-refractivity contribution >= 4 is 0 Å². The lowest BCUT2D eigenvalue weighted by Gasteiger charge is -2.10. The molecule has 6 heteroatoms. The van der Waals surface area contributed by atoms with Gasteiger partial charge in [0, 0.05) is 11.1 Å². The van der Waals surface area contributed by atoms with Crippen molar-refractivity contribution < 1.29 is 22.0 Å². The lowest BCUT2D eigenvalue weighted by molar-refractivity contribution is -0.137. The van der Waals surface area contributed by atoms with Gasteiger partial charge in [-0.3, -0.25) is 0 Å². The molecule has 0 heterocycles. The minimum absolute atomic E-state index is 0.111. The van der Waals surface area contributed by atoms with E-state index in [1.165, 1.54) is 12.1 Å².